The zero-order valence-corrected chi connectivity index (χ0v) is 12.1. The molecule has 0 fully saturated rings. The summed E-state index contributed by atoms with van der Waals surface area (Å²) in [6, 6.07) is 10.3. The Morgan fingerprint density at radius 3 is 1.83 bits per heavy atom. The maximum atomic E-state index is 12.0. The Balaban J connectivity index is 2.14. The highest BCUT2D eigenvalue weighted by atomic mass is 16.6. The second-order valence-corrected chi connectivity index (χ2v) is 4.55. The quantitative estimate of drug-likeness (QED) is 0.344. The van der Waals surface area contributed by atoms with Crippen molar-refractivity contribution in [2.75, 3.05) is 6.61 Å². The fourth-order valence-corrected chi connectivity index (χ4v) is 1.96. The van der Waals surface area contributed by atoms with Gasteiger partial charge in [0.25, 0.3) is 11.4 Å². The molecule has 0 radical (unpaired) electrons. The lowest BCUT2D eigenvalue weighted by Gasteiger charge is -2.05. The van der Waals surface area contributed by atoms with Gasteiger partial charge in [-0.2, -0.15) is 0 Å². The maximum absolute atomic E-state index is 12.0. The van der Waals surface area contributed by atoms with Crippen LogP contribution in [0.2, 0.25) is 0 Å². The number of rotatable bonds is 6. The second-order valence-electron chi connectivity index (χ2n) is 4.55. The molecule has 0 atom stereocenters. The maximum Gasteiger partial charge on any atom is 0.345 e. The molecule has 0 aliphatic heterocycles. The first kappa shape index (κ1) is 16.7. The van der Waals surface area contributed by atoms with E-state index in [0.717, 1.165) is 12.1 Å². The highest BCUT2D eigenvalue weighted by Gasteiger charge is 2.24. The number of ether oxygens (including phenoxy) is 1. The first-order chi connectivity index (χ1) is 11.4. The summed E-state index contributed by atoms with van der Waals surface area (Å²) in [6.45, 7) is -0.768. The molecule has 0 saturated carbocycles. The standard InChI is InChI=1S/C15H10N2O7/c18-14(10-5-1-3-7-12(10)16(20)21)9-24-15(19)11-6-2-4-8-13(11)17(22)23/h1-8H,9H2. The number of hydrogen-bond acceptors (Lipinski definition) is 7. The van der Waals surface area contributed by atoms with Crippen LogP contribution >= 0.6 is 0 Å². The number of ketones is 1. The van der Waals surface area contributed by atoms with Crippen LogP contribution in [0.25, 0.3) is 0 Å². The molecule has 0 aromatic heterocycles. The lowest BCUT2D eigenvalue weighted by atomic mass is 10.1. The van der Waals surface area contributed by atoms with Crippen LogP contribution in [0.3, 0.4) is 0 Å². The van der Waals surface area contributed by atoms with Gasteiger partial charge in [-0.05, 0) is 12.1 Å². The summed E-state index contributed by atoms with van der Waals surface area (Å²) in [5.41, 5.74) is -1.39. The Morgan fingerprint density at radius 1 is 0.833 bits per heavy atom. The van der Waals surface area contributed by atoms with E-state index in [1.165, 1.54) is 36.4 Å². The first-order valence-electron chi connectivity index (χ1n) is 6.59. The summed E-state index contributed by atoms with van der Waals surface area (Å²) in [5.74, 6) is -1.84. The van der Waals surface area contributed by atoms with Gasteiger partial charge in [0, 0.05) is 12.1 Å². The number of Topliss-reactive ketones (excluding diaryl/α,β-unsaturated/α-hetero) is 1. The summed E-state index contributed by atoms with van der Waals surface area (Å²) in [7, 11) is 0. The minimum atomic E-state index is -1.06. The third-order valence-corrected chi connectivity index (χ3v) is 3.06. The lowest BCUT2D eigenvalue weighted by Crippen LogP contribution is -2.16. The Kier molecular flexibility index (Phi) is 4.95. The number of nitro benzene ring substituents is 2. The predicted octanol–water partition coefficient (Wildman–Crippen LogP) is 2.54. The van der Waals surface area contributed by atoms with E-state index < -0.39 is 39.6 Å². The van der Waals surface area contributed by atoms with Crippen LogP contribution < -0.4 is 0 Å². The number of para-hydroxylation sites is 2. The second kappa shape index (κ2) is 7.09. The smallest absolute Gasteiger partial charge is 0.345 e. The van der Waals surface area contributed by atoms with Gasteiger partial charge in [-0.1, -0.05) is 24.3 Å². The van der Waals surface area contributed by atoms with Crippen LogP contribution in [0.15, 0.2) is 48.5 Å². The molecule has 0 N–H and O–H groups in total. The summed E-state index contributed by atoms with van der Waals surface area (Å²) in [4.78, 5) is 44.2. The number of esters is 1. The Morgan fingerprint density at radius 2 is 1.29 bits per heavy atom. The topological polar surface area (TPSA) is 130 Å². The van der Waals surface area contributed by atoms with E-state index in [2.05, 4.69) is 0 Å². The normalized spacial score (nSPS) is 10.0. The third kappa shape index (κ3) is 3.58. The zero-order valence-electron chi connectivity index (χ0n) is 12.1. The molecule has 2 aromatic carbocycles. The molecule has 24 heavy (non-hydrogen) atoms. The SMILES string of the molecule is O=C(COC(=O)c1ccccc1[N+](=O)[O-])c1ccccc1[N+](=O)[O-]. The van der Waals surface area contributed by atoms with Crippen LogP contribution in [0.1, 0.15) is 20.7 Å². The molecule has 0 bridgehead atoms. The average molecular weight is 330 g/mol. The Bertz CT molecular complexity index is 763. The molecule has 0 aliphatic rings. The van der Waals surface area contributed by atoms with Crippen molar-refractivity contribution in [3.8, 4) is 0 Å². The Labute approximate surface area is 134 Å². The molecule has 2 rings (SSSR count). The lowest BCUT2D eigenvalue weighted by molar-refractivity contribution is -0.385. The summed E-state index contributed by atoms with van der Waals surface area (Å²) in [5, 5.41) is 21.7. The third-order valence-electron chi connectivity index (χ3n) is 3.06. The van der Waals surface area contributed by atoms with Crippen molar-refractivity contribution in [2.24, 2.45) is 0 Å². The molecular weight excluding hydrogens is 320 g/mol. The van der Waals surface area contributed by atoms with Crippen molar-refractivity contribution in [1.29, 1.82) is 0 Å². The van der Waals surface area contributed by atoms with Gasteiger partial charge >= 0.3 is 5.97 Å². The fraction of sp³-hybridized carbons (Fsp3) is 0.0667. The highest BCUT2D eigenvalue weighted by molar-refractivity contribution is 6.02. The molecule has 2 aromatic rings. The summed E-state index contributed by atoms with van der Waals surface area (Å²) < 4.78 is 4.75. The molecule has 0 spiro atoms. The molecule has 0 amide bonds. The summed E-state index contributed by atoms with van der Waals surface area (Å²) >= 11 is 0. The van der Waals surface area contributed by atoms with E-state index in [1.807, 2.05) is 0 Å². The van der Waals surface area contributed by atoms with Crippen molar-refractivity contribution >= 4 is 23.1 Å². The van der Waals surface area contributed by atoms with Gasteiger partial charge in [-0.15, -0.1) is 0 Å². The van der Waals surface area contributed by atoms with E-state index in [9.17, 15) is 29.8 Å². The number of nitrogens with zero attached hydrogens (tertiary/aromatic N) is 2. The highest BCUT2D eigenvalue weighted by Crippen LogP contribution is 2.20. The molecular formula is C15H10N2O7. The Hall–Kier alpha value is -3.62. The van der Waals surface area contributed by atoms with Gasteiger partial charge in [0.1, 0.15) is 5.56 Å². The predicted molar refractivity (Wildman–Crippen MR) is 80.8 cm³/mol. The molecule has 122 valence electrons. The monoisotopic (exact) mass is 330 g/mol. The van der Waals surface area contributed by atoms with E-state index in [0.29, 0.717) is 0 Å². The number of carbonyl (C=O) groups excluding carboxylic acids is 2. The van der Waals surface area contributed by atoms with Crippen molar-refractivity contribution < 1.29 is 24.2 Å². The fourth-order valence-electron chi connectivity index (χ4n) is 1.96. The molecule has 0 unspecified atom stereocenters. The van der Waals surface area contributed by atoms with Crippen molar-refractivity contribution in [2.45, 2.75) is 0 Å². The van der Waals surface area contributed by atoms with Crippen LogP contribution in [0, 0.1) is 20.2 Å². The van der Waals surface area contributed by atoms with E-state index in [4.69, 9.17) is 4.74 Å². The number of nitro groups is 2. The van der Waals surface area contributed by atoms with Crippen LogP contribution in [0.5, 0.6) is 0 Å². The van der Waals surface area contributed by atoms with Gasteiger partial charge in [-0.3, -0.25) is 25.0 Å². The molecule has 0 saturated heterocycles. The van der Waals surface area contributed by atoms with Crippen LogP contribution in [-0.2, 0) is 4.74 Å². The van der Waals surface area contributed by atoms with Gasteiger partial charge in [0.2, 0.25) is 5.78 Å². The van der Waals surface area contributed by atoms with Crippen molar-refractivity contribution in [3.05, 3.63) is 79.9 Å². The van der Waals surface area contributed by atoms with Crippen LogP contribution in [0.4, 0.5) is 11.4 Å². The molecule has 9 nitrogen and oxygen atoms in total. The van der Waals surface area contributed by atoms with E-state index in [-0.39, 0.29) is 11.1 Å². The molecule has 0 aliphatic carbocycles. The minimum absolute atomic E-state index is 0.210. The zero-order chi connectivity index (χ0) is 17.7. The average Bonchev–Trinajstić information content (AvgIpc) is 2.59. The minimum Gasteiger partial charge on any atom is -0.453 e. The van der Waals surface area contributed by atoms with E-state index >= 15 is 0 Å². The number of benzene rings is 2. The van der Waals surface area contributed by atoms with Gasteiger partial charge in [0.05, 0.1) is 15.4 Å². The van der Waals surface area contributed by atoms with Crippen molar-refractivity contribution in [1.82, 2.24) is 0 Å². The van der Waals surface area contributed by atoms with Crippen LogP contribution in [-0.4, -0.2) is 28.2 Å². The van der Waals surface area contributed by atoms with Gasteiger partial charge < -0.3 is 4.74 Å². The van der Waals surface area contributed by atoms with E-state index in [1.54, 1.807) is 0 Å². The molecule has 0 heterocycles. The molecule has 9 heteroatoms. The van der Waals surface area contributed by atoms with Gasteiger partial charge in [0.15, 0.2) is 6.61 Å². The van der Waals surface area contributed by atoms with Gasteiger partial charge in [-0.25, -0.2) is 4.79 Å². The van der Waals surface area contributed by atoms with Crippen molar-refractivity contribution in [3.63, 3.8) is 0 Å². The summed E-state index contributed by atoms with van der Waals surface area (Å²) in [6.07, 6.45) is 0. The largest absolute Gasteiger partial charge is 0.453 e. The first-order valence-corrected chi connectivity index (χ1v) is 6.59. The number of carbonyl (C=O) groups is 2. The number of hydrogen-bond donors (Lipinski definition) is 0.